The highest BCUT2D eigenvalue weighted by Crippen LogP contribution is 2.28. The van der Waals surface area contributed by atoms with Crippen LogP contribution < -0.4 is 10.5 Å². The van der Waals surface area contributed by atoms with Crippen molar-refractivity contribution in [3.8, 4) is 5.75 Å². The van der Waals surface area contributed by atoms with Gasteiger partial charge in [-0.1, -0.05) is 67.6 Å². The van der Waals surface area contributed by atoms with E-state index in [0.29, 0.717) is 11.8 Å². The van der Waals surface area contributed by atoms with E-state index in [1.807, 2.05) is 61.5 Å². The molecule has 0 saturated carbocycles. The van der Waals surface area contributed by atoms with Crippen molar-refractivity contribution >= 4 is 12.2 Å². The second-order valence-corrected chi connectivity index (χ2v) is 6.32. The first-order chi connectivity index (χ1) is 13.1. The second-order valence-electron chi connectivity index (χ2n) is 6.32. The molecule has 1 aliphatic rings. The van der Waals surface area contributed by atoms with Crippen molar-refractivity contribution < 1.29 is 14.3 Å². The average molecular weight is 359 g/mol. The Bertz CT molecular complexity index is 928. The Balaban J connectivity index is 0.000000216. The first-order valence-corrected chi connectivity index (χ1v) is 8.75. The van der Waals surface area contributed by atoms with Crippen LogP contribution >= 0.6 is 0 Å². The Hall–Kier alpha value is -3.40. The van der Waals surface area contributed by atoms with Gasteiger partial charge in [0.15, 0.2) is 6.29 Å². The zero-order valence-corrected chi connectivity index (χ0v) is 15.1. The van der Waals surface area contributed by atoms with E-state index in [1.54, 1.807) is 12.1 Å². The molecule has 0 radical (unpaired) electrons. The fourth-order valence-electron chi connectivity index (χ4n) is 3.07. The molecule has 0 aromatic heterocycles. The first-order valence-electron chi connectivity index (χ1n) is 8.75. The highest BCUT2D eigenvalue weighted by molar-refractivity contribution is 6.01. The molecule has 3 aromatic carbocycles. The fraction of sp³-hybridized carbons (Fsp3) is 0.130. The molecular formula is C23H21NO3. The summed E-state index contributed by atoms with van der Waals surface area (Å²) in [6.07, 6.45) is 0.703. The van der Waals surface area contributed by atoms with E-state index in [4.69, 9.17) is 10.5 Å². The lowest BCUT2D eigenvalue weighted by Crippen LogP contribution is -2.15. The van der Waals surface area contributed by atoms with Gasteiger partial charge in [0.2, 0.25) is 5.91 Å². The number of fused-ring (bicyclic) bond motifs is 1. The minimum atomic E-state index is -0.579. The molecule has 3 aromatic rings. The standard InChI is InChI=1S/C16H15NO2.C7H6O/c1-11(12-6-3-2-4-7-12)13-8-5-9-14(16(17)19)15(13)10-18;1-2-4-7-6(3-1)5-8-7/h2-11H,1H3,(H2,17,19);1-4H,5H2. The molecule has 1 amide bonds. The third kappa shape index (κ3) is 4.06. The molecule has 1 heterocycles. The molecule has 1 atom stereocenters. The summed E-state index contributed by atoms with van der Waals surface area (Å²) in [5.41, 5.74) is 9.19. The number of hydrogen-bond donors (Lipinski definition) is 1. The van der Waals surface area contributed by atoms with Gasteiger partial charge in [-0.3, -0.25) is 9.59 Å². The Morgan fingerprint density at radius 3 is 2.22 bits per heavy atom. The van der Waals surface area contributed by atoms with Gasteiger partial charge in [0.25, 0.3) is 0 Å². The van der Waals surface area contributed by atoms with Crippen LogP contribution in [-0.2, 0) is 6.61 Å². The van der Waals surface area contributed by atoms with Gasteiger partial charge >= 0.3 is 0 Å². The summed E-state index contributed by atoms with van der Waals surface area (Å²) in [5.74, 6) is 0.498. The highest BCUT2D eigenvalue weighted by Gasteiger charge is 2.17. The van der Waals surface area contributed by atoms with Crippen LogP contribution in [0.15, 0.2) is 72.8 Å². The van der Waals surface area contributed by atoms with Gasteiger partial charge in [-0.25, -0.2) is 0 Å². The molecule has 2 N–H and O–H groups in total. The Morgan fingerprint density at radius 1 is 1.00 bits per heavy atom. The summed E-state index contributed by atoms with van der Waals surface area (Å²) in [5, 5.41) is 0. The molecule has 27 heavy (non-hydrogen) atoms. The van der Waals surface area contributed by atoms with E-state index in [9.17, 15) is 9.59 Å². The van der Waals surface area contributed by atoms with E-state index in [1.165, 1.54) is 5.56 Å². The van der Waals surface area contributed by atoms with Crippen LogP contribution in [-0.4, -0.2) is 12.2 Å². The molecule has 4 nitrogen and oxygen atoms in total. The maximum absolute atomic E-state index is 11.4. The van der Waals surface area contributed by atoms with Crippen LogP contribution in [0.2, 0.25) is 0 Å². The predicted octanol–water partition coefficient (Wildman–Crippen LogP) is 4.33. The zero-order valence-electron chi connectivity index (χ0n) is 15.1. The lowest BCUT2D eigenvalue weighted by atomic mass is 9.88. The summed E-state index contributed by atoms with van der Waals surface area (Å²) in [6.45, 7) is 2.80. The monoisotopic (exact) mass is 359 g/mol. The minimum absolute atomic E-state index is 0.0284. The van der Waals surface area contributed by atoms with E-state index in [2.05, 4.69) is 6.07 Å². The molecule has 0 spiro atoms. The lowest BCUT2D eigenvalue weighted by molar-refractivity contribution is 0.0992. The smallest absolute Gasteiger partial charge is 0.249 e. The number of benzene rings is 3. The summed E-state index contributed by atoms with van der Waals surface area (Å²) in [6, 6.07) is 23.1. The van der Waals surface area contributed by atoms with Crippen molar-refractivity contribution in [2.75, 3.05) is 0 Å². The molecule has 0 fully saturated rings. The van der Waals surface area contributed by atoms with Gasteiger partial charge in [-0.15, -0.1) is 0 Å². The van der Waals surface area contributed by atoms with Gasteiger partial charge in [0.05, 0.1) is 0 Å². The number of carbonyl (C=O) groups excluding carboxylic acids is 2. The number of rotatable bonds is 4. The van der Waals surface area contributed by atoms with Gasteiger partial charge < -0.3 is 10.5 Å². The molecule has 1 aliphatic heterocycles. The van der Waals surface area contributed by atoms with Crippen molar-refractivity contribution in [2.24, 2.45) is 5.73 Å². The molecule has 136 valence electrons. The van der Waals surface area contributed by atoms with Crippen molar-refractivity contribution in [3.05, 3.63) is 101 Å². The van der Waals surface area contributed by atoms with Gasteiger partial charge in [-0.05, 0) is 23.3 Å². The fourth-order valence-corrected chi connectivity index (χ4v) is 3.07. The normalized spacial score (nSPS) is 12.3. The number of carbonyl (C=O) groups is 2. The van der Waals surface area contributed by atoms with Crippen LogP contribution in [0.4, 0.5) is 0 Å². The second kappa shape index (κ2) is 8.32. The van der Waals surface area contributed by atoms with E-state index < -0.39 is 5.91 Å². The van der Waals surface area contributed by atoms with Gasteiger partial charge in [-0.2, -0.15) is 0 Å². The maximum Gasteiger partial charge on any atom is 0.249 e. The third-order valence-electron chi connectivity index (χ3n) is 4.65. The van der Waals surface area contributed by atoms with Gasteiger partial charge in [0.1, 0.15) is 12.4 Å². The quantitative estimate of drug-likeness (QED) is 0.705. The maximum atomic E-state index is 11.4. The van der Waals surface area contributed by atoms with Crippen molar-refractivity contribution in [1.29, 1.82) is 0 Å². The molecule has 0 aliphatic carbocycles. The number of primary amides is 1. The molecule has 0 saturated heterocycles. The number of para-hydroxylation sites is 1. The van der Waals surface area contributed by atoms with Crippen molar-refractivity contribution in [3.63, 3.8) is 0 Å². The van der Waals surface area contributed by atoms with E-state index >= 15 is 0 Å². The Morgan fingerprint density at radius 2 is 1.70 bits per heavy atom. The summed E-state index contributed by atoms with van der Waals surface area (Å²) in [4.78, 5) is 22.6. The number of amides is 1. The SMILES string of the molecule is CC(c1ccccc1)c1cccc(C(N)=O)c1C=O.c1ccc2c(c1)CO2. The van der Waals surface area contributed by atoms with Crippen molar-refractivity contribution in [1.82, 2.24) is 0 Å². The van der Waals surface area contributed by atoms with Crippen LogP contribution in [0.3, 0.4) is 0 Å². The number of nitrogens with two attached hydrogens (primary N) is 1. The van der Waals surface area contributed by atoms with E-state index in [-0.39, 0.29) is 11.5 Å². The summed E-state index contributed by atoms with van der Waals surface area (Å²) < 4.78 is 5.08. The van der Waals surface area contributed by atoms with Crippen LogP contribution in [0.1, 0.15) is 50.2 Å². The molecule has 0 bridgehead atoms. The number of aldehydes is 1. The zero-order chi connectivity index (χ0) is 19.2. The summed E-state index contributed by atoms with van der Waals surface area (Å²) in [7, 11) is 0. The Kier molecular flexibility index (Phi) is 5.67. The molecular weight excluding hydrogens is 338 g/mol. The Labute approximate surface area is 158 Å². The first kappa shape index (κ1) is 18.4. The van der Waals surface area contributed by atoms with Crippen LogP contribution in [0.25, 0.3) is 0 Å². The molecule has 1 unspecified atom stereocenters. The average Bonchev–Trinajstić information content (AvgIpc) is 2.69. The van der Waals surface area contributed by atoms with E-state index in [0.717, 1.165) is 23.5 Å². The van der Waals surface area contributed by atoms with Crippen LogP contribution in [0.5, 0.6) is 5.75 Å². The van der Waals surface area contributed by atoms with Crippen molar-refractivity contribution in [2.45, 2.75) is 19.4 Å². The third-order valence-corrected chi connectivity index (χ3v) is 4.65. The van der Waals surface area contributed by atoms with Gasteiger partial charge in [0, 0.05) is 22.6 Å². The lowest BCUT2D eigenvalue weighted by Gasteiger charge is -2.18. The predicted molar refractivity (Wildman–Crippen MR) is 105 cm³/mol. The summed E-state index contributed by atoms with van der Waals surface area (Å²) >= 11 is 0. The molecule has 4 rings (SSSR count). The molecule has 4 heteroatoms. The van der Waals surface area contributed by atoms with Crippen LogP contribution in [0, 0.1) is 0 Å². The minimum Gasteiger partial charge on any atom is -0.488 e. The largest absolute Gasteiger partial charge is 0.488 e. The topological polar surface area (TPSA) is 69.4 Å². The number of hydrogen-bond acceptors (Lipinski definition) is 3. The number of ether oxygens (including phenoxy) is 1. The highest BCUT2D eigenvalue weighted by atomic mass is 16.5.